The second kappa shape index (κ2) is 5.84. The van der Waals surface area contributed by atoms with E-state index in [0.29, 0.717) is 6.61 Å². The molecule has 0 bridgehead atoms. The molecule has 1 heterocycles. The van der Waals surface area contributed by atoms with Gasteiger partial charge in [0.25, 0.3) is 0 Å². The van der Waals surface area contributed by atoms with Crippen molar-refractivity contribution in [2.45, 2.75) is 26.0 Å². The number of hydrogen-bond donors (Lipinski definition) is 1. The van der Waals surface area contributed by atoms with Crippen LogP contribution >= 0.6 is 11.3 Å². The first kappa shape index (κ1) is 12.1. The van der Waals surface area contributed by atoms with Gasteiger partial charge in [-0.15, -0.1) is 11.3 Å². The van der Waals surface area contributed by atoms with Crippen molar-refractivity contribution >= 4 is 11.3 Å². The van der Waals surface area contributed by atoms with Crippen LogP contribution in [0.4, 0.5) is 0 Å². The summed E-state index contributed by atoms with van der Waals surface area (Å²) in [5.41, 5.74) is 7.14. The highest BCUT2D eigenvalue weighted by Gasteiger charge is 2.04. The molecule has 90 valence electrons. The Morgan fingerprint density at radius 1 is 1.29 bits per heavy atom. The highest BCUT2D eigenvalue weighted by molar-refractivity contribution is 7.09. The Morgan fingerprint density at radius 2 is 2.18 bits per heavy atom. The van der Waals surface area contributed by atoms with E-state index in [1.807, 2.05) is 30.3 Å². The van der Waals surface area contributed by atoms with Crippen LogP contribution in [-0.2, 0) is 6.61 Å². The molecule has 2 nitrogen and oxygen atoms in total. The van der Waals surface area contributed by atoms with Crippen molar-refractivity contribution in [2.75, 3.05) is 0 Å². The molecule has 3 heteroatoms. The molecule has 0 spiro atoms. The van der Waals surface area contributed by atoms with Gasteiger partial charge in [0.05, 0.1) is 0 Å². The average molecular weight is 247 g/mol. The van der Waals surface area contributed by atoms with Crippen molar-refractivity contribution in [1.82, 2.24) is 0 Å². The molecule has 1 unspecified atom stereocenters. The third-order valence-corrected chi connectivity index (χ3v) is 3.54. The van der Waals surface area contributed by atoms with Gasteiger partial charge in [-0.05, 0) is 35.6 Å². The zero-order valence-corrected chi connectivity index (χ0v) is 10.7. The Kier molecular flexibility index (Phi) is 4.18. The normalized spacial score (nSPS) is 12.4. The van der Waals surface area contributed by atoms with Crippen molar-refractivity contribution in [3.8, 4) is 5.75 Å². The van der Waals surface area contributed by atoms with Crippen molar-refractivity contribution in [1.29, 1.82) is 0 Å². The molecular weight excluding hydrogens is 230 g/mol. The Hall–Kier alpha value is -1.32. The molecule has 0 aliphatic carbocycles. The summed E-state index contributed by atoms with van der Waals surface area (Å²) < 4.78 is 5.74. The molecule has 0 aliphatic rings. The number of hydrogen-bond acceptors (Lipinski definition) is 3. The minimum Gasteiger partial charge on any atom is -0.488 e. The lowest BCUT2D eigenvalue weighted by molar-refractivity contribution is 0.309. The third kappa shape index (κ3) is 3.32. The van der Waals surface area contributed by atoms with E-state index < -0.39 is 0 Å². The molecule has 2 aromatic rings. The molecular formula is C14H17NOS. The van der Waals surface area contributed by atoms with Gasteiger partial charge in [0.15, 0.2) is 0 Å². The molecule has 1 atom stereocenters. The monoisotopic (exact) mass is 247 g/mol. The summed E-state index contributed by atoms with van der Waals surface area (Å²) in [6, 6.07) is 12.3. The van der Waals surface area contributed by atoms with Crippen LogP contribution < -0.4 is 10.5 Å². The summed E-state index contributed by atoms with van der Waals surface area (Å²) in [4.78, 5) is 1.23. The maximum Gasteiger partial charge on any atom is 0.122 e. The summed E-state index contributed by atoms with van der Waals surface area (Å²) in [6.07, 6.45) is 0.939. The molecule has 0 saturated heterocycles. The van der Waals surface area contributed by atoms with E-state index in [-0.39, 0.29) is 6.04 Å². The second-order valence-electron chi connectivity index (χ2n) is 3.96. The molecule has 0 saturated carbocycles. The lowest BCUT2D eigenvalue weighted by Crippen LogP contribution is -2.08. The van der Waals surface area contributed by atoms with Crippen LogP contribution in [0.15, 0.2) is 41.8 Å². The lowest BCUT2D eigenvalue weighted by Gasteiger charge is -2.11. The van der Waals surface area contributed by atoms with Gasteiger partial charge in [0.2, 0.25) is 0 Å². The van der Waals surface area contributed by atoms with E-state index in [4.69, 9.17) is 10.5 Å². The molecule has 17 heavy (non-hydrogen) atoms. The topological polar surface area (TPSA) is 35.2 Å². The van der Waals surface area contributed by atoms with Crippen LogP contribution in [0.2, 0.25) is 0 Å². The number of rotatable bonds is 5. The van der Waals surface area contributed by atoms with Crippen molar-refractivity contribution < 1.29 is 4.74 Å². The van der Waals surface area contributed by atoms with Gasteiger partial charge >= 0.3 is 0 Å². The summed E-state index contributed by atoms with van der Waals surface area (Å²) in [7, 11) is 0. The average Bonchev–Trinajstić information content (AvgIpc) is 2.89. The SMILES string of the molecule is CCC(N)c1cccc(OCc2cccs2)c1. The molecule has 1 aromatic heterocycles. The maximum absolute atomic E-state index is 6.00. The van der Waals surface area contributed by atoms with Crippen molar-refractivity contribution in [3.63, 3.8) is 0 Å². The van der Waals surface area contributed by atoms with E-state index >= 15 is 0 Å². The van der Waals surface area contributed by atoms with Gasteiger partial charge in [-0.2, -0.15) is 0 Å². The molecule has 0 aliphatic heterocycles. The highest BCUT2D eigenvalue weighted by atomic mass is 32.1. The maximum atomic E-state index is 6.00. The van der Waals surface area contributed by atoms with Gasteiger partial charge in [-0.1, -0.05) is 25.1 Å². The summed E-state index contributed by atoms with van der Waals surface area (Å²) in [6.45, 7) is 2.71. The summed E-state index contributed by atoms with van der Waals surface area (Å²) in [5, 5.41) is 2.06. The molecule has 2 N–H and O–H groups in total. The van der Waals surface area contributed by atoms with E-state index in [2.05, 4.69) is 18.4 Å². The van der Waals surface area contributed by atoms with Gasteiger partial charge in [-0.25, -0.2) is 0 Å². The fraction of sp³-hybridized carbons (Fsp3) is 0.286. The van der Waals surface area contributed by atoms with Crippen LogP contribution in [0.1, 0.15) is 29.8 Å². The van der Waals surface area contributed by atoms with E-state index in [1.165, 1.54) is 4.88 Å². The van der Waals surface area contributed by atoms with Crippen LogP contribution in [0.25, 0.3) is 0 Å². The van der Waals surface area contributed by atoms with Crippen molar-refractivity contribution in [3.05, 3.63) is 52.2 Å². The van der Waals surface area contributed by atoms with Crippen LogP contribution in [-0.4, -0.2) is 0 Å². The first-order valence-corrected chi connectivity index (χ1v) is 6.68. The van der Waals surface area contributed by atoms with E-state index in [0.717, 1.165) is 17.7 Å². The van der Waals surface area contributed by atoms with Gasteiger partial charge in [0, 0.05) is 10.9 Å². The smallest absolute Gasteiger partial charge is 0.122 e. The van der Waals surface area contributed by atoms with Crippen molar-refractivity contribution in [2.24, 2.45) is 5.73 Å². The minimum atomic E-state index is 0.0975. The minimum absolute atomic E-state index is 0.0975. The van der Waals surface area contributed by atoms with E-state index in [9.17, 15) is 0 Å². The standard InChI is InChI=1S/C14H17NOS/c1-2-14(15)11-5-3-6-12(9-11)16-10-13-7-4-8-17-13/h3-9,14H,2,10,15H2,1H3. The quantitative estimate of drug-likeness (QED) is 0.873. The number of thiophene rings is 1. The predicted molar refractivity (Wildman–Crippen MR) is 72.3 cm³/mol. The Bertz CT molecular complexity index is 453. The fourth-order valence-corrected chi connectivity index (χ4v) is 2.24. The Balaban J connectivity index is 2.01. The van der Waals surface area contributed by atoms with E-state index in [1.54, 1.807) is 11.3 Å². The number of benzene rings is 1. The predicted octanol–water partition coefficient (Wildman–Crippen LogP) is 3.74. The molecule has 2 rings (SSSR count). The largest absolute Gasteiger partial charge is 0.488 e. The zero-order chi connectivity index (χ0) is 12.1. The first-order chi connectivity index (χ1) is 8.29. The summed E-state index contributed by atoms with van der Waals surface area (Å²) >= 11 is 1.71. The Morgan fingerprint density at radius 3 is 2.88 bits per heavy atom. The van der Waals surface area contributed by atoms with Crippen LogP contribution in [0.5, 0.6) is 5.75 Å². The van der Waals surface area contributed by atoms with Gasteiger partial charge in [-0.3, -0.25) is 0 Å². The highest BCUT2D eigenvalue weighted by Crippen LogP contribution is 2.21. The van der Waals surface area contributed by atoms with Gasteiger partial charge in [0.1, 0.15) is 12.4 Å². The van der Waals surface area contributed by atoms with Gasteiger partial charge < -0.3 is 10.5 Å². The lowest BCUT2D eigenvalue weighted by atomic mass is 10.1. The first-order valence-electron chi connectivity index (χ1n) is 5.80. The molecule has 0 amide bonds. The number of ether oxygens (including phenoxy) is 1. The second-order valence-corrected chi connectivity index (χ2v) is 4.99. The molecule has 0 fully saturated rings. The zero-order valence-electron chi connectivity index (χ0n) is 9.93. The number of nitrogens with two attached hydrogens (primary N) is 1. The van der Waals surface area contributed by atoms with Crippen LogP contribution in [0, 0.1) is 0 Å². The van der Waals surface area contributed by atoms with Crippen LogP contribution in [0.3, 0.4) is 0 Å². The third-order valence-electron chi connectivity index (χ3n) is 2.69. The Labute approximate surface area is 106 Å². The molecule has 0 radical (unpaired) electrons. The molecule has 1 aromatic carbocycles. The summed E-state index contributed by atoms with van der Waals surface area (Å²) in [5.74, 6) is 0.889. The fourth-order valence-electron chi connectivity index (χ4n) is 1.62.